The first-order valence-electron chi connectivity index (χ1n) is 20.1. The Hall–Kier alpha value is -7.54. The molecule has 11 aromatic rings. The first kappa shape index (κ1) is 33.8. The van der Waals surface area contributed by atoms with Crippen molar-refractivity contribution < 1.29 is 0 Å². The van der Waals surface area contributed by atoms with Crippen LogP contribution in [0.25, 0.3) is 110 Å². The van der Waals surface area contributed by atoms with Gasteiger partial charge in [0.15, 0.2) is 0 Å². The third-order valence-electron chi connectivity index (χ3n) is 11.8. The fourth-order valence-corrected chi connectivity index (χ4v) is 9.26. The van der Waals surface area contributed by atoms with Gasteiger partial charge < -0.3 is 0 Å². The zero-order valence-electron chi connectivity index (χ0n) is 31.9. The number of hydrogen-bond donors (Lipinski definition) is 0. The Labute approximate surface area is 339 Å². The lowest BCUT2D eigenvalue weighted by Crippen LogP contribution is -1.92. The van der Waals surface area contributed by atoms with Crippen LogP contribution in [0, 0.1) is 0 Å². The third kappa shape index (κ3) is 5.69. The molecule has 0 aliphatic heterocycles. The van der Waals surface area contributed by atoms with E-state index in [4.69, 9.17) is 0 Å². The highest BCUT2D eigenvalue weighted by Crippen LogP contribution is 2.47. The summed E-state index contributed by atoms with van der Waals surface area (Å²) in [4.78, 5) is 0. The van der Waals surface area contributed by atoms with Gasteiger partial charge in [-0.1, -0.05) is 212 Å². The van der Waals surface area contributed by atoms with Crippen LogP contribution in [0.3, 0.4) is 0 Å². The molecule has 0 aromatic heterocycles. The van der Waals surface area contributed by atoms with Crippen molar-refractivity contribution in [3.05, 3.63) is 231 Å². The fourth-order valence-electron chi connectivity index (χ4n) is 9.26. The number of benzene rings is 11. The molecular formula is C58H38. The van der Waals surface area contributed by atoms with Crippen molar-refractivity contribution in [2.45, 2.75) is 0 Å². The quantitative estimate of drug-likeness (QED) is 0.149. The van der Waals surface area contributed by atoms with Gasteiger partial charge in [0.2, 0.25) is 0 Å². The van der Waals surface area contributed by atoms with Gasteiger partial charge in [0.1, 0.15) is 0 Å². The average molecular weight is 735 g/mol. The first-order valence-corrected chi connectivity index (χ1v) is 20.1. The van der Waals surface area contributed by atoms with Crippen LogP contribution in [0.4, 0.5) is 0 Å². The number of hydrogen-bond acceptors (Lipinski definition) is 0. The molecule has 0 amide bonds. The highest BCUT2D eigenvalue weighted by Gasteiger charge is 2.19. The van der Waals surface area contributed by atoms with E-state index in [2.05, 4.69) is 231 Å². The molecule has 11 aromatic carbocycles. The second kappa shape index (κ2) is 14.2. The molecule has 0 saturated carbocycles. The standard InChI is InChI=1S/C58H38/c1-5-18-39(19-6-1)55-47-28-13-15-30-49(47)57(41-22-9-3-10-23-41)53-37-45(32-34-51(53)55)43-26-17-27-44(36-43)46-33-35-52-54(38-46)58(42-24-11-4-12-25-42)50-31-16-14-29-48(50)56(52)40-20-7-2-8-21-40/h1-38H. The molecule has 58 heavy (non-hydrogen) atoms. The van der Waals surface area contributed by atoms with Gasteiger partial charge >= 0.3 is 0 Å². The summed E-state index contributed by atoms with van der Waals surface area (Å²) < 4.78 is 0. The molecule has 270 valence electrons. The molecule has 0 heterocycles. The highest BCUT2D eigenvalue weighted by molar-refractivity contribution is 6.23. The van der Waals surface area contributed by atoms with Crippen molar-refractivity contribution in [3.63, 3.8) is 0 Å². The minimum absolute atomic E-state index is 1.19. The maximum absolute atomic E-state index is 2.42. The van der Waals surface area contributed by atoms with Gasteiger partial charge in [-0.2, -0.15) is 0 Å². The molecule has 0 unspecified atom stereocenters. The van der Waals surface area contributed by atoms with Crippen LogP contribution in [0.1, 0.15) is 0 Å². The molecule has 0 spiro atoms. The Balaban J connectivity index is 1.13. The lowest BCUT2D eigenvalue weighted by Gasteiger charge is -2.19. The fraction of sp³-hybridized carbons (Fsp3) is 0. The minimum Gasteiger partial charge on any atom is -0.0622 e. The average Bonchev–Trinajstić information content (AvgIpc) is 3.30. The van der Waals surface area contributed by atoms with Crippen LogP contribution < -0.4 is 0 Å². The van der Waals surface area contributed by atoms with E-state index < -0.39 is 0 Å². The molecule has 0 bridgehead atoms. The van der Waals surface area contributed by atoms with Crippen LogP contribution in [0.2, 0.25) is 0 Å². The van der Waals surface area contributed by atoms with Crippen LogP contribution in [0.15, 0.2) is 231 Å². The second-order valence-electron chi connectivity index (χ2n) is 15.2. The van der Waals surface area contributed by atoms with Crippen molar-refractivity contribution in [1.29, 1.82) is 0 Å². The van der Waals surface area contributed by atoms with Crippen LogP contribution >= 0.6 is 0 Å². The summed E-state index contributed by atoms with van der Waals surface area (Å²) in [5.41, 5.74) is 14.8. The molecule has 11 rings (SSSR count). The van der Waals surface area contributed by atoms with Gasteiger partial charge in [0.05, 0.1) is 0 Å². The van der Waals surface area contributed by atoms with E-state index in [1.165, 1.54) is 110 Å². The smallest absolute Gasteiger partial charge is 0.00262 e. The number of fused-ring (bicyclic) bond motifs is 4. The molecule has 0 aliphatic rings. The van der Waals surface area contributed by atoms with Gasteiger partial charge in [-0.05, 0) is 128 Å². The molecule has 0 N–H and O–H groups in total. The van der Waals surface area contributed by atoms with E-state index >= 15 is 0 Å². The summed E-state index contributed by atoms with van der Waals surface area (Å²) in [7, 11) is 0. The zero-order valence-corrected chi connectivity index (χ0v) is 31.9. The molecule has 0 aliphatic carbocycles. The minimum atomic E-state index is 1.19. The Morgan fingerprint density at radius 1 is 0.138 bits per heavy atom. The van der Waals surface area contributed by atoms with E-state index in [0.717, 1.165) is 0 Å². The van der Waals surface area contributed by atoms with Crippen molar-refractivity contribution >= 4 is 43.1 Å². The third-order valence-corrected chi connectivity index (χ3v) is 11.8. The van der Waals surface area contributed by atoms with E-state index in [9.17, 15) is 0 Å². The largest absolute Gasteiger partial charge is 0.0622 e. The number of rotatable bonds is 6. The van der Waals surface area contributed by atoms with Crippen molar-refractivity contribution in [2.75, 3.05) is 0 Å². The van der Waals surface area contributed by atoms with Gasteiger partial charge in [0, 0.05) is 0 Å². The van der Waals surface area contributed by atoms with Crippen LogP contribution in [-0.4, -0.2) is 0 Å². The molecule has 0 atom stereocenters. The van der Waals surface area contributed by atoms with Crippen molar-refractivity contribution in [1.82, 2.24) is 0 Å². The SMILES string of the molecule is c1ccc(-c2c3ccccc3c(-c3ccccc3)c3cc(-c4cccc(-c5ccc6c(-c7ccccc7)c7ccccc7c(-c7ccccc7)c6c5)c4)ccc23)cc1. The van der Waals surface area contributed by atoms with Gasteiger partial charge in [-0.25, -0.2) is 0 Å². The lowest BCUT2D eigenvalue weighted by atomic mass is 9.84. The Bertz CT molecular complexity index is 3070. The zero-order chi connectivity index (χ0) is 38.4. The molecule has 0 heteroatoms. The normalized spacial score (nSPS) is 11.4. The van der Waals surface area contributed by atoms with Gasteiger partial charge in [0.25, 0.3) is 0 Å². The molecule has 0 fully saturated rings. The van der Waals surface area contributed by atoms with Crippen LogP contribution in [-0.2, 0) is 0 Å². The monoisotopic (exact) mass is 734 g/mol. The topological polar surface area (TPSA) is 0 Å². The lowest BCUT2D eigenvalue weighted by molar-refractivity contribution is 1.60. The van der Waals surface area contributed by atoms with Crippen molar-refractivity contribution in [3.8, 4) is 66.8 Å². The molecule has 0 radical (unpaired) electrons. The predicted octanol–water partition coefficient (Wildman–Crippen LogP) is 16.3. The van der Waals surface area contributed by atoms with E-state index in [0.29, 0.717) is 0 Å². The Morgan fingerprint density at radius 2 is 0.379 bits per heavy atom. The molecule has 0 saturated heterocycles. The maximum Gasteiger partial charge on any atom is -0.00262 e. The summed E-state index contributed by atoms with van der Waals surface area (Å²) in [5.74, 6) is 0. The summed E-state index contributed by atoms with van der Waals surface area (Å²) in [6.45, 7) is 0. The van der Waals surface area contributed by atoms with Crippen LogP contribution in [0.5, 0.6) is 0 Å². The first-order chi connectivity index (χ1) is 28.8. The van der Waals surface area contributed by atoms with Crippen molar-refractivity contribution in [2.24, 2.45) is 0 Å². The Kier molecular flexibility index (Phi) is 8.26. The second-order valence-corrected chi connectivity index (χ2v) is 15.2. The summed E-state index contributed by atoms with van der Waals surface area (Å²) in [5, 5.41) is 10.1. The van der Waals surface area contributed by atoms with E-state index in [1.807, 2.05) is 0 Å². The van der Waals surface area contributed by atoms with Gasteiger partial charge in [-0.15, -0.1) is 0 Å². The maximum atomic E-state index is 2.42. The predicted molar refractivity (Wildman–Crippen MR) is 249 cm³/mol. The summed E-state index contributed by atoms with van der Waals surface area (Å²) in [6.07, 6.45) is 0. The molecule has 0 nitrogen and oxygen atoms in total. The van der Waals surface area contributed by atoms with Gasteiger partial charge in [-0.3, -0.25) is 0 Å². The highest BCUT2D eigenvalue weighted by atomic mass is 14.2. The summed E-state index contributed by atoms with van der Waals surface area (Å²) >= 11 is 0. The van der Waals surface area contributed by atoms with E-state index in [-0.39, 0.29) is 0 Å². The van der Waals surface area contributed by atoms with E-state index in [1.54, 1.807) is 0 Å². The molecular weight excluding hydrogens is 697 g/mol. The Morgan fingerprint density at radius 3 is 0.707 bits per heavy atom. The summed E-state index contributed by atoms with van der Waals surface area (Å²) in [6, 6.07) is 84.5.